The second-order valence-corrected chi connectivity index (χ2v) is 9.87. The Balaban J connectivity index is 0.00000300. The summed E-state index contributed by atoms with van der Waals surface area (Å²) in [6.45, 7) is 5.45. The molecular formula is C21H31IN4OS2. The van der Waals surface area contributed by atoms with Gasteiger partial charge in [0, 0.05) is 45.3 Å². The summed E-state index contributed by atoms with van der Waals surface area (Å²) in [6, 6.07) is 10.6. The van der Waals surface area contributed by atoms with Gasteiger partial charge < -0.3 is 10.6 Å². The lowest BCUT2D eigenvalue weighted by Gasteiger charge is -2.30. The zero-order valence-electron chi connectivity index (χ0n) is 17.1. The number of hydrogen-bond acceptors (Lipinski definition) is 4. The Morgan fingerprint density at radius 2 is 2.07 bits per heavy atom. The van der Waals surface area contributed by atoms with E-state index < -0.39 is 10.8 Å². The van der Waals surface area contributed by atoms with Crippen LogP contribution < -0.4 is 10.6 Å². The minimum absolute atomic E-state index is 0. The zero-order valence-corrected chi connectivity index (χ0v) is 21.1. The van der Waals surface area contributed by atoms with E-state index in [0.29, 0.717) is 17.8 Å². The van der Waals surface area contributed by atoms with E-state index in [0.717, 1.165) is 60.2 Å². The normalized spacial score (nSPS) is 20.6. The number of thiazole rings is 1. The molecule has 1 aromatic carbocycles. The first-order valence-corrected chi connectivity index (χ1v) is 12.4. The molecule has 3 atom stereocenters. The Hall–Kier alpha value is -1.000. The summed E-state index contributed by atoms with van der Waals surface area (Å²) in [5, 5.41) is 10.3. The highest BCUT2D eigenvalue weighted by Crippen LogP contribution is 2.24. The van der Waals surface area contributed by atoms with Crippen molar-refractivity contribution in [3.63, 3.8) is 0 Å². The van der Waals surface area contributed by atoms with Crippen molar-refractivity contribution in [1.82, 2.24) is 15.6 Å². The lowest BCUT2D eigenvalue weighted by molar-refractivity contribution is 0.413. The molecule has 0 radical (unpaired) electrons. The van der Waals surface area contributed by atoms with Crippen molar-refractivity contribution in [2.45, 2.75) is 57.4 Å². The van der Waals surface area contributed by atoms with Crippen LogP contribution in [0.1, 0.15) is 45.2 Å². The van der Waals surface area contributed by atoms with Crippen LogP contribution in [0, 0.1) is 0 Å². The first-order chi connectivity index (χ1) is 13.7. The zero-order chi connectivity index (χ0) is 19.8. The number of halogens is 1. The van der Waals surface area contributed by atoms with Gasteiger partial charge in [0.05, 0.1) is 12.2 Å². The molecule has 0 bridgehead atoms. The van der Waals surface area contributed by atoms with Crippen LogP contribution in [0.15, 0.2) is 40.7 Å². The summed E-state index contributed by atoms with van der Waals surface area (Å²) in [6.07, 6.45) is 4.27. The Kier molecular flexibility index (Phi) is 10.6. The predicted molar refractivity (Wildman–Crippen MR) is 136 cm³/mol. The van der Waals surface area contributed by atoms with Gasteiger partial charge in [-0.2, -0.15) is 0 Å². The molecule has 2 aromatic rings. The van der Waals surface area contributed by atoms with E-state index >= 15 is 0 Å². The minimum Gasteiger partial charge on any atom is -0.357 e. The van der Waals surface area contributed by atoms with Crippen molar-refractivity contribution in [3.8, 4) is 10.6 Å². The van der Waals surface area contributed by atoms with Crippen LogP contribution in [0.2, 0.25) is 0 Å². The Bertz CT molecular complexity index is 797. The second kappa shape index (κ2) is 12.6. The number of benzene rings is 1. The molecule has 2 N–H and O–H groups in total. The summed E-state index contributed by atoms with van der Waals surface area (Å²) >= 11 is 1.65. The molecule has 0 amide bonds. The third-order valence-corrected chi connectivity index (χ3v) is 7.62. The van der Waals surface area contributed by atoms with E-state index in [1.165, 1.54) is 0 Å². The number of guanidine groups is 1. The molecular weight excluding hydrogens is 515 g/mol. The molecule has 1 aromatic heterocycles. The Morgan fingerprint density at radius 3 is 2.79 bits per heavy atom. The van der Waals surface area contributed by atoms with Crippen LogP contribution in [-0.2, 0) is 17.3 Å². The SMILES string of the molecule is CCNC(=NCc1csc(-c2ccccc2)n1)NC1CCCC(S(=O)CC)C1.I. The van der Waals surface area contributed by atoms with Crippen molar-refractivity contribution in [2.75, 3.05) is 12.3 Å². The molecule has 1 fully saturated rings. The van der Waals surface area contributed by atoms with Gasteiger partial charge in [0.25, 0.3) is 0 Å². The van der Waals surface area contributed by atoms with Gasteiger partial charge in [0.15, 0.2) is 5.96 Å². The maximum atomic E-state index is 12.2. The van der Waals surface area contributed by atoms with Crippen LogP contribution in [0.5, 0.6) is 0 Å². The Labute approximate surface area is 197 Å². The fourth-order valence-electron chi connectivity index (χ4n) is 3.52. The van der Waals surface area contributed by atoms with Gasteiger partial charge in [-0.15, -0.1) is 35.3 Å². The smallest absolute Gasteiger partial charge is 0.191 e. The van der Waals surface area contributed by atoms with Crippen molar-refractivity contribution in [3.05, 3.63) is 41.4 Å². The molecule has 0 saturated heterocycles. The van der Waals surface area contributed by atoms with Gasteiger partial charge in [-0.05, 0) is 26.2 Å². The van der Waals surface area contributed by atoms with E-state index in [2.05, 4.69) is 35.1 Å². The van der Waals surface area contributed by atoms with Crippen molar-refractivity contribution in [2.24, 2.45) is 4.99 Å². The van der Waals surface area contributed by atoms with Gasteiger partial charge in [-0.25, -0.2) is 9.98 Å². The average Bonchev–Trinajstić information content (AvgIpc) is 3.21. The molecule has 3 rings (SSSR count). The number of nitrogens with zero attached hydrogens (tertiary/aromatic N) is 2. The number of aromatic nitrogens is 1. The van der Waals surface area contributed by atoms with Gasteiger partial charge in [0.2, 0.25) is 0 Å². The highest BCUT2D eigenvalue weighted by molar-refractivity contribution is 14.0. The van der Waals surface area contributed by atoms with E-state index in [9.17, 15) is 4.21 Å². The average molecular weight is 547 g/mol. The summed E-state index contributed by atoms with van der Waals surface area (Å²) in [5.41, 5.74) is 2.12. The third kappa shape index (κ3) is 7.32. The molecule has 1 aliphatic carbocycles. The van der Waals surface area contributed by atoms with Crippen molar-refractivity contribution >= 4 is 52.1 Å². The lowest BCUT2D eigenvalue weighted by atomic mass is 9.95. The van der Waals surface area contributed by atoms with E-state index in [1.54, 1.807) is 11.3 Å². The van der Waals surface area contributed by atoms with Crippen molar-refractivity contribution in [1.29, 1.82) is 0 Å². The predicted octanol–water partition coefficient (Wildman–Crippen LogP) is 4.56. The van der Waals surface area contributed by atoms with E-state index in [-0.39, 0.29) is 24.0 Å². The Morgan fingerprint density at radius 1 is 1.28 bits per heavy atom. The molecule has 3 unspecified atom stereocenters. The van der Waals surface area contributed by atoms with Gasteiger partial charge in [-0.3, -0.25) is 4.21 Å². The summed E-state index contributed by atoms with van der Waals surface area (Å²) in [7, 11) is -0.711. The monoisotopic (exact) mass is 546 g/mol. The van der Waals surface area contributed by atoms with Crippen LogP contribution in [-0.4, -0.2) is 38.7 Å². The number of rotatable bonds is 7. The molecule has 0 aliphatic heterocycles. The summed E-state index contributed by atoms with van der Waals surface area (Å²) < 4.78 is 12.2. The number of aliphatic imine (C=N–C) groups is 1. The first-order valence-electron chi connectivity index (χ1n) is 10.1. The van der Waals surface area contributed by atoms with Gasteiger partial charge in [0.1, 0.15) is 5.01 Å². The van der Waals surface area contributed by atoms with E-state index in [4.69, 9.17) is 9.98 Å². The number of hydrogen-bond donors (Lipinski definition) is 2. The fourth-order valence-corrected chi connectivity index (χ4v) is 5.68. The van der Waals surface area contributed by atoms with Crippen LogP contribution in [0.25, 0.3) is 10.6 Å². The van der Waals surface area contributed by atoms with Crippen molar-refractivity contribution < 1.29 is 4.21 Å². The molecule has 1 aliphatic rings. The second-order valence-electron chi connectivity index (χ2n) is 7.00. The molecule has 0 spiro atoms. The molecule has 1 heterocycles. The molecule has 160 valence electrons. The maximum Gasteiger partial charge on any atom is 0.191 e. The topological polar surface area (TPSA) is 66.4 Å². The largest absolute Gasteiger partial charge is 0.357 e. The van der Waals surface area contributed by atoms with Crippen LogP contribution >= 0.6 is 35.3 Å². The quantitative estimate of drug-likeness (QED) is 0.304. The van der Waals surface area contributed by atoms with Gasteiger partial charge in [-0.1, -0.05) is 43.7 Å². The summed E-state index contributed by atoms with van der Waals surface area (Å²) in [5.74, 6) is 1.57. The molecule has 1 saturated carbocycles. The molecule has 8 heteroatoms. The van der Waals surface area contributed by atoms with E-state index in [1.807, 2.05) is 25.1 Å². The third-order valence-electron chi connectivity index (χ3n) is 4.94. The highest BCUT2D eigenvalue weighted by atomic mass is 127. The maximum absolute atomic E-state index is 12.2. The minimum atomic E-state index is -0.711. The molecule has 5 nitrogen and oxygen atoms in total. The fraction of sp³-hybridized carbons (Fsp3) is 0.524. The highest BCUT2D eigenvalue weighted by Gasteiger charge is 2.26. The van der Waals surface area contributed by atoms with Crippen LogP contribution in [0.3, 0.4) is 0 Å². The summed E-state index contributed by atoms with van der Waals surface area (Å²) in [4.78, 5) is 9.46. The standard InChI is InChI=1S/C21H30N4OS2.HI/c1-3-22-21(25-17-11-8-12-19(13-17)28(26)4-2)23-14-18-15-27-20(24-18)16-9-6-5-7-10-16;/h5-7,9-10,15,17,19H,3-4,8,11-14H2,1-2H3,(H2,22,23,25);1H. The van der Waals surface area contributed by atoms with Crippen LogP contribution in [0.4, 0.5) is 0 Å². The molecule has 29 heavy (non-hydrogen) atoms. The number of nitrogens with one attached hydrogen (secondary N) is 2. The first kappa shape index (κ1) is 24.3. The van der Waals surface area contributed by atoms with Gasteiger partial charge >= 0.3 is 0 Å². The lowest BCUT2D eigenvalue weighted by Crippen LogP contribution is -2.46.